The molecule has 9 nitrogen and oxygen atoms in total. The molecule has 1 heterocycles. The van der Waals surface area contributed by atoms with Gasteiger partial charge in [-0.2, -0.15) is 9.90 Å². The highest BCUT2D eigenvalue weighted by Gasteiger charge is 2.24. The lowest BCUT2D eigenvalue weighted by molar-refractivity contribution is -0.130. The van der Waals surface area contributed by atoms with Crippen molar-refractivity contribution < 1.29 is 19.1 Å². The van der Waals surface area contributed by atoms with Crippen LogP contribution in [0.1, 0.15) is 34.2 Å². The van der Waals surface area contributed by atoms with Crippen LogP contribution in [-0.2, 0) is 14.3 Å². The van der Waals surface area contributed by atoms with Gasteiger partial charge in [0.1, 0.15) is 0 Å². The van der Waals surface area contributed by atoms with Gasteiger partial charge in [0.15, 0.2) is 11.8 Å². The average Bonchev–Trinajstić information content (AvgIpc) is 3.17. The largest absolute Gasteiger partial charge is 0.448 e. The van der Waals surface area contributed by atoms with E-state index in [1.807, 2.05) is 50.2 Å². The van der Waals surface area contributed by atoms with Crippen molar-refractivity contribution in [2.75, 3.05) is 11.9 Å². The van der Waals surface area contributed by atoms with Crippen LogP contribution >= 0.6 is 0 Å². The van der Waals surface area contributed by atoms with Crippen molar-refractivity contribution in [1.82, 2.24) is 20.3 Å². The number of aromatic nitrogens is 3. The maximum atomic E-state index is 12.5. The van der Waals surface area contributed by atoms with E-state index in [-0.39, 0.29) is 18.1 Å². The second kappa shape index (κ2) is 9.86. The number of amides is 2. The minimum atomic E-state index is -1.11. The molecule has 2 aromatic carbocycles. The lowest BCUT2D eigenvalue weighted by atomic mass is 10.1. The zero-order valence-electron chi connectivity index (χ0n) is 18.4. The molecule has 0 spiro atoms. The van der Waals surface area contributed by atoms with Crippen molar-refractivity contribution in [3.63, 3.8) is 0 Å². The van der Waals surface area contributed by atoms with Gasteiger partial charge in [0.05, 0.1) is 17.9 Å². The number of nitrogens with zero attached hydrogens (tertiary/aromatic N) is 3. The standard InChI is InChI=1S/C23H25N5O4/c1-14-9-8-10-15(2)20(14)25-19(29)13-24-22(30)17(4)32-23(31)21-16(3)26-28(27-21)18-11-6-5-7-12-18/h5-12,17H,13H2,1-4H3,(H,24,30)(H,25,29)/t17-/m1/s1. The van der Waals surface area contributed by atoms with Crippen LogP contribution in [0.4, 0.5) is 5.69 Å². The second-order valence-corrected chi connectivity index (χ2v) is 7.34. The molecule has 0 aliphatic heterocycles. The Morgan fingerprint density at radius 1 is 0.969 bits per heavy atom. The van der Waals surface area contributed by atoms with Gasteiger partial charge in [0, 0.05) is 5.69 Å². The fourth-order valence-corrected chi connectivity index (χ4v) is 3.02. The molecular weight excluding hydrogens is 410 g/mol. The molecule has 0 bridgehead atoms. The summed E-state index contributed by atoms with van der Waals surface area (Å²) in [5.74, 6) is -1.74. The minimum absolute atomic E-state index is 0.0151. The molecule has 1 aromatic heterocycles. The first-order chi connectivity index (χ1) is 15.3. The monoisotopic (exact) mass is 435 g/mol. The number of carbonyl (C=O) groups is 3. The molecule has 0 saturated heterocycles. The summed E-state index contributed by atoms with van der Waals surface area (Å²) in [5, 5.41) is 13.6. The number of hydrogen-bond acceptors (Lipinski definition) is 6. The molecule has 2 amide bonds. The Labute approximate surface area is 185 Å². The average molecular weight is 435 g/mol. The third-order valence-corrected chi connectivity index (χ3v) is 4.78. The summed E-state index contributed by atoms with van der Waals surface area (Å²) >= 11 is 0. The van der Waals surface area contributed by atoms with Gasteiger partial charge in [-0.05, 0) is 51.0 Å². The summed E-state index contributed by atoms with van der Waals surface area (Å²) in [6, 6.07) is 14.8. The van der Waals surface area contributed by atoms with Crippen molar-refractivity contribution in [2.24, 2.45) is 0 Å². The number of benzene rings is 2. The molecule has 1 atom stereocenters. The number of rotatable bonds is 7. The molecule has 166 valence electrons. The van der Waals surface area contributed by atoms with E-state index in [4.69, 9.17) is 4.74 Å². The van der Waals surface area contributed by atoms with E-state index in [0.29, 0.717) is 17.1 Å². The first-order valence-corrected chi connectivity index (χ1v) is 10.1. The molecule has 9 heteroatoms. The molecule has 32 heavy (non-hydrogen) atoms. The Balaban J connectivity index is 1.55. The van der Waals surface area contributed by atoms with E-state index >= 15 is 0 Å². The number of anilines is 1. The molecule has 3 rings (SSSR count). The minimum Gasteiger partial charge on any atom is -0.448 e. The van der Waals surface area contributed by atoms with Crippen molar-refractivity contribution in [2.45, 2.75) is 33.8 Å². The van der Waals surface area contributed by atoms with E-state index in [2.05, 4.69) is 20.8 Å². The highest BCUT2D eigenvalue weighted by atomic mass is 16.5. The Morgan fingerprint density at radius 3 is 2.28 bits per heavy atom. The van der Waals surface area contributed by atoms with Crippen LogP contribution in [0, 0.1) is 20.8 Å². The number of esters is 1. The molecule has 0 radical (unpaired) electrons. The van der Waals surface area contributed by atoms with Crippen LogP contribution in [0.3, 0.4) is 0 Å². The maximum absolute atomic E-state index is 12.5. The molecule has 0 aliphatic carbocycles. The number of nitrogens with one attached hydrogen (secondary N) is 2. The molecular formula is C23H25N5O4. The van der Waals surface area contributed by atoms with E-state index in [0.717, 1.165) is 11.1 Å². The van der Waals surface area contributed by atoms with Crippen molar-refractivity contribution in [3.05, 3.63) is 71.0 Å². The number of hydrogen-bond donors (Lipinski definition) is 2. The van der Waals surface area contributed by atoms with E-state index in [1.165, 1.54) is 11.7 Å². The van der Waals surface area contributed by atoms with Crippen molar-refractivity contribution >= 4 is 23.5 Å². The second-order valence-electron chi connectivity index (χ2n) is 7.34. The van der Waals surface area contributed by atoms with E-state index in [9.17, 15) is 14.4 Å². The summed E-state index contributed by atoms with van der Waals surface area (Å²) in [6.45, 7) is 6.58. The molecule has 0 saturated carbocycles. The lowest BCUT2D eigenvalue weighted by Gasteiger charge is -2.14. The van der Waals surface area contributed by atoms with Gasteiger partial charge in [-0.3, -0.25) is 9.59 Å². The third-order valence-electron chi connectivity index (χ3n) is 4.78. The maximum Gasteiger partial charge on any atom is 0.361 e. The molecule has 3 aromatic rings. The van der Waals surface area contributed by atoms with Gasteiger partial charge in [-0.15, -0.1) is 5.10 Å². The Kier molecular flexibility index (Phi) is 6.99. The van der Waals surface area contributed by atoms with Crippen molar-refractivity contribution in [3.8, 4) is 5.69 Å². The van der Waals surface area contributed by atoms with Gasteiger partial charge < -0.3 is 15.4 Å². The van der Waals surface area contributed by atoms with E-state index in [1.54, 1.807) is 19.1 Å². The molecule has 2 N–H and O–H groups in total. The van der Waals surface area contributed by atoms with Gasteiger partial charge in [0.25, 0.3) is 5.91 Å². The number of aryl methyl sites for hydroxylation is 3. The summed E-state index contributed by atoms with van der Waals surface area (Å²) in [4.78, 5) is 38.3. The summed E-state index contributed by atoms with van der Waals surface area (Å²) in [5.41, 5.74) is 3.64. The van der Waals surface area contributed by atoms with Crippen LogP contribution in [0.5, 0.6) is 0 Å². The first kappa shape index (κ1) is 22.7. The fraction of sp³-hybridized carbons (Fsp3) is 0.261. The van der Waals surface area contributed by atoms with Crippen LogP contribution in [0.2, 0.25) is 0 Å². The SMILES string of the molecule is Cc1cccc(C)c1NC(=O)CNC(=O)[C@@H](C)OC(=O)c1nn(-c2ccccc2)nc1C. The van der Waals surface area contributed by atoms with Crippen LogP contribution < -0.4 is 10.6 Å². The van der Waals surface area contributed by atoms with Crippen LogP contribution in [-0.4, -0.2) is 45.4 Å². The topological polar surface area (TPSA) is 115 Å². The number of carbonyl (C=O) groups excluding carboxylic acids is 3. The molecule has 0 unspecified atom stereocenters. The Morgan fingerprint density at radius 2 is 1.62 bits per heavy atom. The number of ether oxygens (including phenoxy) is 1. The van der Waals surface area contributed by atoms with Gasteiger partial charge >= 0.3 is 5.97 Å². The summed E-state index contributed by atoms with van der Waals surface area (Å²) in [6.07, 6.45) is -1.11. The first-order valence-electron chi connectivity index (χ1n) is 10.1. The lowest BCUT2D eigenvalue weighted by Crippen LogP contribution is -2.40. The number of para-hydroxylation sites is 2. The fourth-order valence-electron chi connectivity index (χ4n) is 3.02. The van der Waals surface area contributed by atoms with Gasteiger partial charge in [-0.1, -0.05) is 36.4 Å². The Bertz CT molecular complexity index is 1120. The smallest absolute Gasteiger partial charge is 0.361 e. The highest BCUT2D eigenvalue weighted by Crippen LogP contribution is 2.19. The van der Waals surface area contributed by atoms with Crippen LogP contribution in [0.15, 0.2) is 48.5 Å². The van der Waals surface area contributed by atoms with E-state index < -0.39 is 18.0 Å². The van der Waals surface area contributed by atoms with Gasteiger partial charge in [0.2, 0.25) is 5.91 Å². The normalized spacial score (nSPS) is 11.5. The zero-order chi connectivity index (χ0) is 23.3. The molecule has 0 fully saturated rings. The summed E-state index contributed by atoms with van der Waals surface area (Å²) in [7, 11) is 0. The predicted octanol–water partition coefficient (Wildman–Crippen LogP) is 2.49. The van der Waals surface area contributed by atoms with Gasteiger partial charge in [-0.25, -0.2) is 4.79 Å². The highest BCUT2D eigenvalue weighted by molar-refractivity contribution is 5.97. The van der Waals surface area contributed by atoms with Crippen LogP contribution in [0.25, 0.3) is 5.69 Å². The van der Waals surface area contributed by atoms with Crippen molar-refractivity contribution in [1.29, 1.82) is 0 Å². The molecule has 0 aliphatic rings. The Hall–Kier alpha value is -4.01. The summed E-state index contributed by atoms with van der Waals surface area (Å²) < 4.78 is 5.22. The quantitative estimate of drug-likeness (QED) is 0.551. The predicted molar refractivity (Wildman–Crippen MR) is 119 cm³/mol. The third kappa shape index (κ3) is 5.37. The zero-order valence-corrected chi connectivity index (χ0v) is 18.4.